The molecule has 5 rings (SSSR count). The number of thiazole rings is 1. The van der Waals surface area contributed by atoms with Crippen LogP contribution in [0.25, 0.3) is 16.0 Å². The van der Waals surface area contributed by atoms with Crippen LogP contribution in [0.3, 0.4) is 0 Å². The molecule has 1 saturated heterocycles. The van der Waals surface area contributed by atoms with E-state index in [1.807, 2.05) is 56.3 Å². The summed E-state index contributed by atoms with van der Waals surface area (Å²) in [4.78, 5) is 32.9. The van der Waals surface area contributed by atoms with Gasteiger partial charge in [0.25, 0.3) is 5.78 Å². The van der Waals surface area contributed by atoms with Crippen molar-refractivity contribution in [3.8, 4) is 11.5 Å². The Hall–Kier alpha value is -3.69. The van der Waals surface area contributed by atoms with Gasteiger partial charge in [-0.2, -0.15) is 0 Å². The minimum atomic E-state index is -0.855. The van der Waals surface area contributed by atoms with E-state index in [9.17, 15) is 14.7 Å². The van der Waals surface area contributed by atoms with Gasteiger partial charge in [-0.05, 0) is 74.0 Å². The summed E-state index contributed by atoms with van der Waals surface area (Å²) < 4.78 is 12.8. The summed E-state index contributed by atoms with van der Waals surface area (Å²) in [5.41, 5.74) is 1.77. The van der Waals surface area contributed by atoms with Crippen LogP contribution < -0.4 is 14.4 Å². The van der Waals surface area contributed by atoms with Crippen molar-refractivity contribution in [2.24, 2.45) is 0 Å². The van der Waals surface area contributed by atoms with Crippen LogP contribution in [0.5, 0.6) is 11.5 Å². The van der Waals surface area contributed by atoms with Crippen LogP contribution in [-0.4, -0.2) is 35.0 Å². The Morgan fingerprint density at radius 3 is 2.30 bits per heavy atom. The molecule has 1 atom stereocenters. The van der Waals surface area contributed by atoms with Crippen LogP contribution in [-0.2, 0) is 9.59 Å². The van der Waals surface area contributed by atoms with Crippen molar-refractivity contribution in [1.29, 1.82) is 0 Å². The van der Waals surface area contributed by atoms with Crippen molar-refractivity contribution in [3.05, 3.63) is 87.9 Å². The molecule has 0 saturated carbocycles. The summed E-state index contributed by atoms with van der Waals surface area (Å²) in [5, 5.41) is 11.7. The molecule has 7 nitrogen and oxygen atoms in total. The lowest BCUT2D eigenvalue weighted by Crippen LogP contribution is -2.29. The number of nitrogens with zero attached hydrogens (tertiary/aromatic N) is 2. The Morgan fingerprint density at radius 1 is 0.973 bits per heavy atom. The second-order valence-corrected chi connectivity index (χ2v) is 10.2. The van der Waals surface area contributed by atoms with E-state index in [1.54, 1.807) is 24.3 Å². The monoisotopic (exact) mass is 578 g/mol. The first-order valence-corrected chi connectivity index (χ1v) is 13.3. The van der Waals surface area contributed by atoms with Crippen LogP contribution >= 0.6 is 27.3 Å². The number of hydrogen-bond donors (Lipinski definition) is 1. The Bertz CT molecular complexity index is 1510. The Morgan fingerprint density at radius 2 is 1.62 bits per heavy atom. The normalized spacial score (nSPS) is 16.9. The number of amides is 1. The zero-order chi connectivity index (χ0) is 26.1. The number of carbonyl (C=O) groups is 2. The SMILES string of the molecule is CCOc1ccc(C(O)=C2C(=O)C(=O)N(c3nc4ccc(OCC)cc4s3)C2c2ccc(Br)cc2)cc1. The Kier molecular flexibility index (Phi) is 6.99. The van der Waals surface area contributed by atoms with Crippen LogP contribution in [0, 0.1) is 0 Å². The molecule has 2 heterocycles. The average Bonchev–Trinajstić information content (AvgIpc) is 3.43. The van der Waals surface area contributed by atoms with Gasteiger partial charge >= 0.3 is 5.91 Å². The number of ether oxygens (including phenoxy) is 2. The van der Waals surface area contributed by atoms with Crippen LogP contribution in [0.4, 0.5) is 5.13 Å². The summed E-state index contributed by atoms with van der Waals surface area (Å²) in [6, 6.07) is 18.7. The van der Waals surface area contributed by atoms with Crippen LogP contribution in [0.2, 0.25) is 0 Å². The van der Waals surface area contributed by atoms with Crippen molar-refractivity contribution in [2.45, 2.75) is 19.9 Å². The molecule has 0 bridgehead atoms. The highest BCUT2D eigenvalue weighted by Gasteiger charge is 2.48. The van der Waals surface area contributed by atoms with Gasteiger partial charge in [-0.25, -0.2) is 4.98 Å². The van der Waals surface area contributed by atoms with Crippen LogP contribution in [0.15, 0.2) is 76.8 Å². The number of aromatic nitrogens is 1. The summed E-state index contributed by atoms with van der Waals surface area (Å²) in [5.74, 6) is -0.424. The largest absolute Gasteiger partial charge is 0.507 e. The fraction of sp³-hybridized carbons (Fsp3) is 0.179. The van der Waals surface area contributed by atoms with Gasteiger partial charge in [-0.3, -0.25) is 14.5 Å². The van der Waals surface area contributed by atoms with Crippen molar-refractivity contribution < 1.29 is 24.2 Å². The molecule has 4 aromatic rings. The molecular weight excluding hydrogens is 556 g/mol. The van der Waals surface area contributed by atoms with Gasteiger partial charge in [0.2, 0.25) is 0 Å². The average molecular weight is 579 g/mol. The van der Waals surface area contributed by atoms with E-state index in [4.69, 9.17) is 9.47 Å². The number of Topliss-reactive ketones (excluding diaryl/α,β-unsaturated/α-hetero) is 1. The van der Waals surface area contributed by atoms with Crippen molar-refractivity contribution in [1.82, 2.24) is 4.98 Å². The maximum Gasteiger partial charge on any atom is 0.301 e. The zero-order valence-corrected chi connectivity index (χ0v) is 22.5. The number of ketones is 1. The van der Waals surface area contributed by atoms with E-state index < -0.39 is 17.7 Å². The van der Waals surface area contributed by atoms with Crippen molar-refractivity contribution in [3.63, 3.8) is 0 Å². The predicted molar refractivity (Wildman–Crippen MR) is 147 cm³/mol. The van der Waals surface area contributed by atoms with Crippen molar-refractivity contribution in [2.75, 3.05) is 18.1 Å². The van der Waals surface area contributed by atoms with Gasteiger partial charge in [0.1, 0.15) is 17.3 Å². The zero-order valence-electron chi connectivity index (χ0n) is 20.1. The minimum absolute atomic E-state index is 0.00532. The van der Waals surface area contributed by atoms with E-state index in [2.05, 4.69) is 20.9 Å². The van der Waals surface area contributed by atoms with Gasteiger partial charge in [0.15, 0.2) is 5.13 Å². The second-order valence-electron chi connectivity index (χ2n) is 8.24. The molecule has 188 valence electrons. The molecular formula is C28H23BrN2O5S. The first-order valence-electron chi connectivity index (χ1n) is 11.7. The highest BCUT2D eigenvalue weighted by atomic mass is 79.9. The van der Waals surface area contributed by atoms with Gasteiger partial charge in [-0.1, -0.05) is 39.4 Å². The number of carbonyl (C=O) groups excluding carboxylic acids is 2. The van der Waals surface area contributed by atoms with Gasteiger partial charge in [0.05, 0.1) is 35.0 Å². The third-order valence-electron chi connectivity index (χ3n) is 5.93. The number of aliphatic hydroxyl groups is 1. The quantitative estimate of drug-likeness (QED) is 0.153. The van der Waals surface area contributed by atoms with E-state index in [1.165, 1.54) is 16.2 Å². The lowest BCUT2D eigenvalue weighted by Gasteiger charge is -2.23. The molecule has 37 heavy (non-hydrogen) atoms. The molecule has 0 radical (unpaired) electrons. The number of benzene rings is 3. The number of hydrogen-bond acceptors (Lipinski definition) is 7. The minimum Gasteiger partial charge on any atom is -0.507 e. The number of rotatable bonds is 7. The first-order chi connectivity index (χ1) is 17.9. The molecule has 0 aliphatic carbocycles. The van der Waals surface area contributed by atoms with E-state index in [0.717, 1.165) is 9.17 Å². The number of fused-ring (bicyclic) bond motifs is 1. The molecule has 1 amide bonds. The smallest absolute Gasteiger partial charge is 0.301 e. The topological polar surface area (TPSA) is 89.0 Å². The first kappa shape index (κ1) is 25.0. The molecule has 3 aromatic carbocycles. The maximum absolute atomic E-state index is 13.4. The van der Waals surface area contributed by atoms with Crippen LogP contribution in [0.1, 0.15) is 31.0 Å². The molecule has 1 aliphatic rings. The lowest BCUT2D eigenvalue weighted by molar-refractivity contribution is -0.132. The standard InChI is InChI=1S/C28H23BrN2O5S/c1-3-35-19-11-7-17(8-12-19)25(32)23-24(16-5-9-18(29)10-6-16)31(27(34)26(23)33)28-30-21-14-13-20(36-4-2)15-22(21)37-28/h5-15,24,32H,3-4H2,1-2H3. The van der Waals surface area contributed by atoms with E-state index in [0.29, 0.717) is 46.5 Å². The second kappa shape index (κ2) is 10.4. The number of aliphatic hydroxyl groups excluding tert-OH is 1. The predicted octanol–water partition coefficient (Wildman–Crippen LogP) is 6.48. The molecule has 9 heteroatoms. The van der Waals surface area contributed by atoms with E-state index >= 15 is 0 Å². The van der Waals surface area contributed by atoms with Gasteiger partial charge in [-0.15, -0.1) is 0 Å². The Balaban J connectivity index is 1.65. The number of halogens is 1. The molecule has 0 spiro atoms. The highest BCUT2D eigenvalue weighted by Crippen LogP contribution is 2.44. The summed E-state index contributed by atoms with van der Waals surface area (Å²) in [7, 11) is 0. The van der Waals surface area contributed by atoms with Gasteiger partial charge < -0.3 is 14.6 Å². The molecule has 1 fully saturated rings. The number of anilines is 1. The summed E-state index contributed by atoms with van der Waals surface area (Å²) in [6.45, 7) is 4.83. The molecule has 1 N–H and O–H groups in total. The third kappa shape index (κ3) is 4.72. The lowest BCUT2D eigenvalue weighted by atomic mass is 9.95. The summed E-state index contributed by atoms with van der Waals surface area (Å²) >= 11 is 4.73. The Labute approximate surface area is 226 Å². The fourth-order valence-corrected chi connectivity index (χ4v) is 5.56. The molecule has 1 unspecified atom stereocenters. The highest BCUT2D eigenvalue weighted by molar-refractivity contribution is 9.10. The van der Waals surface area contributed by atoms with E-state index in [-0.39, 0.29) is 11.3 Å². The summed E-state index contributed by atoms with van der Waals surface area (Å²) in [6.07, 6.45) is 0. The van der Waals surface area contributed by atoms with Crippen molar-refractivity contribution >= 4 is 60.1 Å². The third-order valence-corrected chi connectivity index (χ3v) is 7.48. The van der Waals surface area contributed by atoms with Gasteiger partial charge in [0, 0.05) is 10.0 Å². The molecule has 1 aromatic heterocycles. The maximum atomic E-state index is 13.4. The fourth-order valence-electron chi connectivity index (χ4n) is 4.27. The molecule has 1 aliphatic heterocycles.